The molecule has 2 aromatic heterocycles. The Morgan fingerprint density at radius 3 is 2.72 bits per heavy atom. The smallest absolute Gasteiger partial charge is 0.238 e. The Labute approximate surface area is 189 Å². The third-order valence-corrected chi connectivity index (χ3v) is 5.64. The van der Waals surface area contributed by atoms with Crippen molar-refractivity contribution in [2.45, 2.75) is 25.6 Å². The number of hydrogen-bond acceptors (Lipinski definition) is 8. The summed E-state index contributed by atoms with van der Waals surface area (Å²) >= 11 is 1.21. The maximum Gasteiger partial charge on any atom is 0.238 e. The van der Waals surface area contributed by atoms with Crippen LogP contribution in [0.2, 0.25) is 0 Å². The van der Waals surface area contributed by atoms with Crippen LogP contribution in [0.15, 0.2) is 41.1 Å². The fraction of sp³-hybridized carbons (Fsp3) is 0.333. The molecule has 3 rings (SSSR count). The van der Waals surface area contributed by atoms with E-state index in [1.165, 1.54) is 11.8 Å². The summed E-state index contributed by atoms with van der Waals surface area (Å²) in [7, 11) is 3.15. The van der Waals surface area contributed by atoms with Crippen molar-refractivity contribution in [1.29, 1.82) is 0 Å². The highest BCUT2D eigenvalue weighted by molar-refractivity contribution is 8.01. The SMILES string of the molecule is COc1cccc(Cn2nccc2NC(=O)CSC(C)C(=O)Nc2cc(C)on2)c1OC. The second kappa shape index (κ2) is 10.7. The number of nitrogens with one attached hydrogen (secondary N) is 2. The molecule has 2 amide bonds. The molecule has 0 aliphatic carbocycles. The first-order valence-electron chi connectivity index (χ1n) is 9.78. The van der Waals surface area contributed by atoms with Gasteiger partial charge >= 0.3 is 0 Å². The standard InChI is InChI=1S/C21H25N5O5S/c1-13-10-17(25-31-13)23-21(28)14(2)32-12-19(27)24-18-8-9-22-26(18)11-15-6-5-7-16(29-3)20(15)30-4/h5-10,14H,11-12H2,1-4H3,(H,24,27)(H,23,25,28). The number of hydrogen-bond donors (Lipinski definition) is 2. The van der Waals surface area contributed by atoms with Crippen LogP contribution in [-0.4, -0.2) is 52.0 Å². The Bertz CT molecular complexity index is 1080. The summed E-state index contributed by atoms with van der Waals surface area (Å²) in [5.74, 6) is 2.31. The van der Waals surface area contributed by atoms with Crippen molar-refractivity contribution in [1.82, 2.24) is 14.9 Å². The Hall–Kier alpha value is -3.47. The van der Waals surface area contributed by atoms with E-state index in [1.807, 2.05) is 18.2 Å². The molecule has 11 heteroatoms. The summed E-state index contributed by atoms with van der Waals surface area (Å²) in [4.78, 5) is 24.7. The lowest BCUT2D eigenvalue weighted by Gasteiger charge is -2.14. The zero-order valence-electron chi connectivity index (χ0n) is 18.2. The molecule has 0 saturated carbocycles. The summed E-state index contributed by atoms with van der Waals surface area (Å²) in [5, 5.41) is 13.0. The van der Waals surface area contributed by atoms with Crippen molar-refractivity contribution in [3.63, 3.8) is 0 Å². The van der Waals surface area contributed by atoms with Crippen LogP contribution in [0.1, 0.15) is 18.2 Å². The van der Waals surface area contributed by atoms with Gasteiger partial charge in [-0.05, 0) is 19.9 Å². The number of anilines is 2. The molecule has 0 spiro atoms. The van der Waals surface area contributed by atoms with Crippen molar-refractivity contribution in [2.75, 3.05) is 30.6 Å². The van der Waals surface area contributed by atoms with Crippen LogP contribution >= 0.6 is 11.8 Å². The zero-order valence-corrected chi connectivity index (χ0v) is 19.1. The van der Waals surface area contributed by atoms with Gasteiger partial charge in [0.1, 0.15) is 11.6 Å². The molecule has 1 aromatic carbocycles. The summed E-state index contributed by atoms with van der Waals surface area (Å²) < 4.78 is 17.4. The molecule has 170 valence electrons. The Morgan fingerprint density at radius 2 is 2.03 bits per heavy atom. The number of aromatic nitrogens is 3. The van der Waals surface area contributed by atoms with Gasteiger partial charge < -0.3 is 24.6 Å². The van der Waals surface area contributed by atoms with Gasteiger partial charge in [0.2, 0.25) is 11.8 Å². The minimum absolute atomic E-state index is 0.0973. The molecule has 3 aromatic rings. The lowest BCUT2D eigenvalue weighted by Crippen LogP contribution is -2.25. The molecule has 0 bridgehead atoms. The van der Waals surface area contributed by atoms with Crippen molar-refractivity contribution >= 4 is 35.2 Å². The van der Waals surface area contributed by atoms with Gasteiger partial charge in [-0.3, -0.25) is 9.59 Å². The summed E-state index contributed by atoms with van der Waals surface area (Å²) in [6.45, 7) is 3.84. The number of aryl methyl sites for hydroxylation is 1. The topological polar surface area (TPSA) is 121 Å². The average Bonchev–Trinajstić information content (AvgIpc) is 3.39. The number of carbonyl (C=O) groups is 2. The fourth-order valence-electron chi connectivity index (χ4n) is 2.91. The number of rotatable bonds is 10. The van der Waals surface area contributed by atoms with Crippen molar-refractivity contribution in [3.8, 4) is 11.5 Å². The lowest BCUT2D eigenvalue weighted by atomic mass is 10.2. The minimum Gasteiger partial charge on any atom is -0.493 e. The number of ether oxygens (including phenoxy) is 2. The third kappa shape index (κ3) is 5.82. The van der Waals surface area contributed by atoms with Gasteiger partial charge in [-0.1, -0.05) is 17.3 Å². The molecule has 2 heterocycles. The predicted molar refractivity (Wildman–Crippen MR) is 121 cm³/mol. The molecule has 0 aliphatic rings. The van der Waals surface area contributed by atoms with Gasteiger partial charge in [0.05, 0.1) is 38.0 Å². The number of methoxy groups -OCH3 is 2. The summed E-state index contributed by atoms with van der Waals surface area (Å²) in [6.07, 6.45) is 1.60. The molecule has 10 nitrogen and oxygen atoms in total. The maximum absolute atomic E-state index is 12.5. The van der Waals surface area contributed by atoms with E-state index in [2.05, 4.69) is 20.9 Å². The first kappa shape index (κ1) is 23.2. The predicted octanol–water partition coefficient (Wildman–Crippen LogP) is 2.94. The highest BCUT2D eigenvalue weighted by Gasteiger charge is 2.18. The zero-order chi connectivity index (χ0) is 23.1. The Kier molecular flexibility index (Phi) is 7.77. The third-order valence-electron chi connectivity index (χ3n) is 4.50. The van der Waals surface area contributed by atoms with E-state index in [-0.39, 0.29) is 17.6 Å². The van der Waals surface area contributed by atoms with Gasteiger partial charge in [-0.25, -0.2) is 4.68 Å². The van der Waals surface area contributed by atoms with Crippen LogP contribution in [0.5, 0.6) is 11.5 Å². The number of nitrogens with zero attached hydrogens (tertiary/aromatic N) is 3. The number of carbonyl (C=O) groups excluding carboxylic acids is 2. The monoisotopic (exact) mass is 459 g/mol. The first-order chi connectivity index (χ1) is 15.4. The highest BCUT2D eigenvalue weighted by atomic mass is 32.2. The largest absolute Gasteiger partial charge is 0.493 e. The van der Waals surface area contributed by atoms with Crippen LogP contribution in [0.25, 0.3) is 0 Å². The fourth-order valence-corrected chi connectivity index (χ4v) is 3.60. The van der Waals surface area contributed by atoms with E-state index in [0.717, 1.165) is 5.56 Å². The molecule has 0 radical (unpaired) electrons. The van der Waals surface area contributed by atoms with Crippen molar-refractivity contribution < 1.29 is 23.6 Å². The molecular weight excluding hydrogens is 434 g/mol. The van der Waals surface area contributed by atoms with Crippen LogP contribution in [0, 0.1) is 6.92 Å². The molecule has 2 N–H and O–H groups in total. The van der Waals surface area contributed by atoms with E-state index in [4.69, 9.17) is 14.0 Å². The number of amides is 2. The second-order valence-corrected chi connectivity index (χ2v) is 8.17. The number of benzene rings is 1. The van der Waals surface area contributed by atoms with E-state index in [9.17, 15) is 9.59 Å². The van der Waals surface area contributed by atoms with Crippen LogP contribution in [-0.2, 0) is 16.1 Å². The van der Waals surface area contributed by atoms with Crippen molar-refractivity contribution in [2.24, 2.45) is 0 Å². The number of thioether (sulfide) groups is 1. The minimum atomic E-state index is -0.455. The highest BCUT2D eigenvalue weighted by Crippen LogP contribution is 2.31. The van der Waals surface area contributed by atoms with Gasteiger partial charge in [0.25, 0.3) is 0 Å². The van der Waals surface area contributed by atoms with E-state index in [1.54, 1.807) is 51.1 Å². The Morgan fingerprint density at radius 1 is 1.22 bits per heavy atom. The quantitative estimate of drug-likeness (QED) is 0.475. The van der Waals surface area contributed by atoms with E-state index < -0.39 is 5.25 Å². The first-order valence-corrected chi connectivity index (χ1v) is 10.8. The summed E-state index contributed by atoms with van der Waals surface area (Å²) in [6, 6.07) is 8.91. The molecule has 32 heavy (non-hydrogen) atoms. The van der Waals surface area contributed by atoms with E-state index >= 15 is 0 Å². The molecule has 1 unspecified atom stereocenters. The van der Waals surface area contributed by atoms with Gasteiger partial charge in [-0.15, -0.1) is 11.8 Å². The van der Waals surface area contributed by atoms with Crippen molar-refractivity contribution in [3.05, 3.63) is 47.9 Å². The van der Waals surface area contributed by atoms with Gasteiger partial charge in [0, 0.05) is 17.7 Å². The Balaban J connectivity index is 1.55. The lowest BCUT2D eigenvalue weighted by molar-refractivity contribution is -0.115. The second-order valence-electron chi connectivity index (χ2n) is 6.84. The summed E-state index contributed by atoms with van der Waals surface area (Å²) in [5.41, 5.74) is 0.855. The molecule has 0 saturated heterocycles. The van der Waals surface area contributed by atoms with Gasteiger partial charge in [0.15, 0.2) is 17.3 Å². The molecule has 1 atom stereocenters. The van der Waals surface area contributed by atoms with Crippen LogP contribution in [0.3, 0.4) is 0 Å². The molecule has 0 aliphatic heterocycles. The molecular formula is C21H25N5O5S. The van der Waals surface area contributed by atoms with E-state index in [0.29, 0.717) is 35.4 Å². The number of para-hydroxylation sites is 1. The normalized spacial score (nSPS) is 11.6. The molecule has 0 fully saturated rings. The van der Waals surface area contributed by atoms with Gasteiger partial charge in [-0.2, -0.15) is 5.10 Å². The van der Waals surface area contributed by atoms with Crippen LogP contribution in [0.4, 0.5) is 11.6 Å². The average molecular weight is 460 g/mol. The maximum atomic E-state index is 12.5. The van der Waals surface area contributed by atoms with Crippen LogP contribution < -0.4 is 20.1 Å².